The molecule has 0 aromatic rings. The van der Waals surface area contributed by atoms with E-state index in [4.69, 9.17) is 0 Å². The van der Waals surface area contributed by atoms with E-state index in [1.54, 1.807) is 0 Å². The molecular weight excluding hydrogens is 206 g/mol. The van der Waals surface area contributed by atoms with Crippen LogP contribution in [0.1, 0.15) is 72.6 Å². The highest BCUT2D eigenvalue weighted by Gasteiger charge is 2.23. The Kier molecular flexibility index (Phi) is 7.18. The predicted octanol–water partition coefficient (Wildman–Crippen LogP) is 4.62. The van der Waals surface area contributed by atoms with Crippen molar-refractivity contribution < 1.29 is 0 Å². The number of hydrogen-bond acceptors (Lipinski definition) is 1. The van der Waals surface area contributed by atoms with Crippen LogP contribution < -0.4 is 5.32 Å². The fourth-order valence-electron chi connectivity index (χ4n) is 2.58. The van der Waals surface area contributed by atoms with Gasteiger partial charge in [0.2, 0.25) is 0 Å². The van der Waals surface area contributed by atoms with Gasteiger partial charge >= 0.3 is 0 Å². The van der Waals surface area contributed by atoms with Crippen LogP contribution in [0.5, 0.6) is 0 Å². The van der Waals surface area contributed by atoms with Gasteiger partial charge in [-0.3, -0.25) is 0 Å². The average Bonchev–Trinajstić information content (AvgIpc) is 3.15. The lowest BCUT2D eigenvalue weighted by molar-refractivity contribution is 0.276. The molecule has 3 atom stereocenters. The van der Waals surface area contributed by atoms with Crippen LogP contribution in [0.15, 0.2) is 0 Å². The van der Waals surface area contributed by atoms with Gasteiger partial charge in [0.05, 0.1) is 0 Å². The van der Waals surface area contributed by atoms with E-state index < -0.39 is 0 Å². The first kappa shape index (κ1) is 15.0. The summed E-state index contributed by atoms with van der Waals surface area (Å²) in [4.78, 5) is 0. The van der Waals surface area contributed by atoms with Crippen molar-refractivity contribution in [2.75, 3.05) is 6.54 Å². The van der Waals surface area contributed by atoms with E-state index in [1.165, 1.54) is 51.5 Å². The van der Waals surface area contributed by atoms with Crippen LogP contribution in [-0.4, -0.2) is 12.6 Å². The van der Waals surface area contributed by atoms with Gasteiger partial charge in [-0.25, -0.2) is 0 Å². The molecule has 1 nitrogen and oxygen atoms in total. The molecule has 0 bridgehead atoms. The zero-order valence-electron chi connectivity index (χ0n) is 12.5. The normalized spacial score (nSPS) is 21.2. The van der Waals surface area contributed by atoms with Crippen LogP contribution in [0, 0.1) is 17.8 Å². The van der Waals surface area contributed by atoms with E-state index >= 15 is 0 Å². The fraction of sp³-hybridized carbons (Fsp3) is 1.00. The molecule has 1 heteroatoms. The van der Waals surface area contributed by atoms with Crippen molar-refractivity contribution in [1.82, 2.24) is 5.32 Å². The first-order valence-corrected chi connectivity index (χ1v) is 7.90. The quantitative estimate of drug-likeness (QED) is 0.586. The van der Waals surface area contributed by atoms with Crippen LogP contribution in [-0.2, 0) is 0 Å². The first-order chi connectivity index (χ1) is 8.17. The van der Waals surface area contributed by atoms with E-state index in [9.17, 15) is 0 Å². The Morgan fingerprint density at radius 2 is 1.82 bits per heavy atom. The zero-order valence-corrected chi connectivity index (χ0v) is 12.5. The molecule has 0 aliphatic heterocycles. The van der Waals surface area contributed by atoms with E-state index in [-0.39, 0.29) is 0 Å². The van der Waals surface area contributed by atoms with Crippen LogP contribution in [0.25, 0.3) is 0 Å². The largest absolute Gasteiger partial charge is 0.314 e. The summed E-state index contributed by atoms with van der Waals surface area (Å²) >= 11 is 0. The molecule has 0 aromatic heterocycles. The Labute approximate surface area is 109 Å². The predicted molar refractivity (Wildman–Crippen MR) is 77.3 cm³/mol. The van der Waals surface area contributed by atoms with Crippen molar-refractivity contribution >= 4 is 0 Å². The summed E-state index contributed by atoms with van der Waals surface area (Å²) in [6.45, 7) is 10.8. The standard InChI is InChI=1S/C16H33N/c1-5-7-8-15(6-2)11-13(3)14(4)12-17-16-9-10-16/h13-17H,5-12H2,1-4H3. The van der Waals surface area contributed by atoms with Gasteiger partial charge in [0.15, 0.2) is 0 Å². The lowest BCUT2D eigenvalue weighted by atomic mass is 9.83. The van der Waals surface area contributed by atoms with Gasteiger partial charge in [-0.15, -0.1) is 0 Å². The SMILES string of the molecule is CCCCC(CC)CC(C)C(C)CNC1CC1. The van der Waals surface area contributed by atoms with Crippen molar-refractivity contribution in [2.45, 2.75) is 78.7 Å². The number of nitrogens with one attached hydrogen (secondary N) is 1. The van der Waals surface area contributed by atoms with Gasteiger partial charge < -0.3 is 5.32 Å². The van der Waals surface area contributed by atoms with Crippen molar-refractivity contribution in [1.29, 1.82) is 0 Å². The van der Waals surface area contributed by atoms with Gasteiger partial charge in [0.1, 0.15) is 0 Å². The molecule has 0 saturated heterocycles. The molecule has 1 N–H and O–H groups in total. The third kappa shape index (κ3) is 6.45. The molecule has 1 rings (SSSR count). The summed E-state index contributed by atoms with van der Waals surface area (Å²) < 4.78 is 0. The summed E-state index contributed by atoms with van der Waals surface area (Å²) in [7, 11) is 0. The maximum atomic E-state index is 3.67. The second kappa shape index (κ2) is 8.13. The minimum Gasteiger partial charge on any atom is -0.314 e. The molecule has 1 aliphatic carbocycles. The lowest BCUT2D eigenvalue weighted by Crippen LogP contribution is -2.27. The molecule has 0 aromatic carbocycles. The highest BCUT2D eigenvalue weighted by atomic mass is 14.9. The Hall–Kier alpha value is -0.0400. The summed E-state index contributed by atoms with van der Waals surface area (Å²) in [5, 5.41) is 3.67. The van der Waals surface area contributed by atoms with Crippen LogP contribution in [0.4, 0.5) is 0 Å². The Morgan fingerprint density at radius 3 is 2.35 bits per heavy atom. The topological polar surface area (TPSA) is 12.0 Å². The number of unbranched alkanes of at least 4 members (excludes halogenated alkanes) is 1. The van der Waals surface area contributed by atoms with E-state index in [0.717, 1.165) is 23.8 Å². The van der Waals surface area contributed by atoms with Gasteiger partial charge in [-0.1, -0.05) is 53.4 Å². The van der Waals surface area contributed by atoms with Crippen molar-refractivity contribution in [3.8, 4) is 0 Å². The molecular formula is C16H33N. The van der Waals surface area contributed by atoms with Crippen LogP contribution >= 0.6 is 0 Å². The van der Waals surface area contributed by atoms with Crippen molar-refractivity contribution in [3.63, 3.8) is 0 Å². The van der Waals surface area contributed by atoms with Crippen LogP contribution in [0.3, 0.4) is 0 Å². The molecule has 0 heterocycles. The Morgan fingerprint density at radius 1 is 1.12 bits per heavy atom. The molecule has 1 saturated carbocycles. The maximum absolute atomic E-state index is 3.67. The van der Waals surface area contributed by atoms with Gasteiger partial charge in [-0.2, -0.15) is 0 Å². The second-order valence-electron chi connectivity index (χ2n) is 6.29. The minimum atomic E-state index is 0.839. The first-order valence-electron chi connectivity index (χ1n) is 7.90. The molecule has 0 amide bonds. The summed E-state index contributed by atoms with van der Waals surface area (Å²) in [5.41, 5.74) is 0. The summed E-state index contributed by atoms with van der Waals surface area (Å²) in [6, 6.07) is 0.867. The third-order valence-corrected chi connectivity index (χ3v) is 4.53. The van der Waals surface area contributed by atoms with Crippen molar-refractivity contribution in [3.05, 3.63) is 0 Å². The van der Waals surface area contributed by atoms with Gasteiger partial charge in [-0.05, 0) is 43.6 Å². The van der Waals surface area contributed by atoms with Gasteiger partial charge in [0, 0.05) is 6.04 Å². The highest BCUT2D eigenvalue weighted by molar-refractivity contribution is 4.82. The monoisotopic (exact) mass is 239 g/mol. The zero-order chi connectivity index (χ0) is 12.7. The average molecular weight is 239 g/mol. The minimum absolute atomic E-state index is 0.839. The Balaban J connectivity index is 2.16. The molecule has 3 unspecified atom stereocenters. The van der Waals surface area contributed by atoms with E-state index in [2.05, 4.69) is 33.0 Å². The summed E-state index contributed by atoms with van der Waals surface area (Å²) in [5.74, 6) is 2.68. The molecule has 17 heavy (non-hydrogen) atoms. The molecule has 1 fully saturated rings. The van der Waals surface area contributed by atoms with Gasteiger partial charge in [0.25, 0.3) is 0 Å². The third-order valence-electron chi connectivity index (χ3n) is 4.53. The molecule has 0 radical (unpaired) electrons. The number of rotatable bonds is 10. The maximum Gasteiger partial charge on any atom is 0.00683 e. The molecule has 1 aliphatic rings. The molecule has 0 spiro atoms. The summed E-state index contributed by atoms with van der Waals surface area (Å²) in [6.07, 6.45) is 9.84. The Bertz CT molecular complexity index is 186. The van der Waals surface area contributed by atoms with E-state index in [0.29, 0.717) is 0 Å². The number of hydrogen-bond donors (Lipinski definition) is 1. The van der Waals surface area contributed by atoms with E-state index in [1.807, 2.05) is 0 Å². The lowest BCUT2D eigenvalue weighted by Gasteiger charge is -2.25. The van der Waals surface area contributed by atoms with Crippen molar-refractivity contribution in [2.24, 2.45) is 17.8 Å². The second-order valence-corrected chi connectivity index (χ2v) is 6.29. The molecule has 102 valence electrons. The smallest absolute Gasteiger partial charge is 0.00683 e. The fourth-order valence-corrected chi connectivity index (χ4v) is 2.58. The van der Waals surface area contributed by atoms with Crippen LogP contribution in [0.2, 0.25) is 0 Å². The highest BCUT2D eigenvalue weighted by Crippen LogP contribution is 2.26.